The number of nitrogens with one attached hydrogen (secondary N) is 1. The summed E-state index contributed by atoms with van der Waals surface area (Å²) in [6.07, 6.45) is 1.10. The maximum absolute atomic E-state index is 12.7. The molecule has 1 rings (SSSR count). The molecule has 1 fully saturated rings. The van der Waals surface area contributed by atoms with Gasteiger partial charge in [-0.2, -0.15) is 0 Å². The van der Waals surface area contributed by atoms with Crippen LogP contribution in [0.3, 0.4) is 0 Å². The van der Waals surface area contributed by atoms with Crippen molar-refractivity contribution in [3.05, 3.63) is 0 Å². The van der Waals surface area contributed by atoms with Gasteiger partial charge in [-0.25, -0.2) is 0 Å². The lowest BCUT2D eigenvalue weighted by atomic mass is 9.86. The van der Waals surface area contributed by atoms with E-state index in [1.807, 2.05) is 0 Å². The van der Waals surface area contributed by atoms with Crippen molar-refractivity contribution in [1.29, 1.82) is 0 Å². The SMILES string of the molecule is CC(C)CC1NC(C(C)C)N(C(C)C(C)(C)C)C1=O. The van der Waals surface area contributed by atoms with Crippen LogP contribution in [0.25, 0.3) is 0 Å². The number of carbonyl (C=O) groups excluding carboxylic acids is 1. The van der Waals surface area contributed by atoms with Crippen molar-refractivity contribution < 1.29 is 4.79 Å². The Hall–Kier alpha value is -0.570. The van der Waals surface area contributed by atoms with Gasteiger partial charge in [0.25, 0.3) is 0 Å². The average molecular weight is 268 g/mol. The maximum Gasteiger partial charge on any atom is 0.241 e. The lowest BCUT2D eigenvalue weighted by Crippen LogP contribution is -2.50. The van der Waals surface area contributed by atoms with Crippen LogP contribution in [0.4, 0.5) is 0 Å². The molecule has 112 valence electrons. The molecule has 3 nitrogen and oxygen atoms in total. The van der Waals surface area contributed by atoms with E-state index in [4.69, 9.17) is 0 Å². The zero-order valence-electron chi connectivity index (χ0n) is 13.9. The molecule has 0 bridgehead atoms. The highest BCUT2D eigenvalue weighted by Gasteiger charge is 2.44. The number of nitrogens with zero attached hydrogens (tertiary/aromatic N) is 1. The summed E-state index contributed by atoms with van der Waals surface area (Å²) in [7, 11) is 0. The van der Waals surface area contributed by atoms with Crippen LogP contribution in [0.5, 0.6) is 0 Å². The van der Waals surface area contributed by atoms with E-state index in [1.165, 1.54) is 0 Å². The average Bonchev–Trinajstić information content (AvgIpc) is 2.53. The van der Waals surface area contributed by atoms with Gasteiger partial charge in [-0.3, -0.25) is 10.1 Å². The molecule has 0 aromatic rings. The fourth-order valence-corrected chi connectivity index (χ4v) is 2.68. The van der Waals surface area contributed by atoms with Gasteiger partial charge < -0.3 is 4.90 Å². The Bertz CT molecular complexity index is 317. The molecule has 0 aliphatic carbocycles. The molecular formula is C16H32N2O. The normalized spacial score (nSPS) is 26.6. The van der Waals surface area contributed by atoms with Crippen LogP contribution < -0.4 is 5.32 Å². The monoisotopic (exact) mass is 268 g/mol. The third-order valence-corrected chi connectivity index (χ3v) is 4.23. The number of amides is 1. The van der Waals surface area contributed by atoms with Crippen LogP contribution >= 0.6 is 0 Å². The molecule has 19 heavy (non-hydrogen) atoms. The second kappa shape index (κ2) is 5.82. The predicted molar refractivity (Wildman–Crippen MR) is 80.8 cm³/mol. The van der Waals surface area contributed by atoms with E-state index < -0.39 is 0 Å². The zero-order chi connectivity index (χ0) is 15.0. The first-order chi connectivity index (χ1) is 8.55. The topological polar surface area (TPSA) is 32.3 Å². The van der Waals surface area contributed by atoms with Crippen LogP contribution in [0.15, 0.2) is 0 Å². The minimum absolute atomic E-state index is 0.00259. The first-order valence-corrected chi connectivity index (χ1v) is 7.64. The fourth-order valence-electron chi connectivity index (χ4n) is 2.68. The summed E-state index contributed by atoms with van der Waals surface area (Å²) in [6, 6.07) is 0.245. The van der Waals surface area contributed by atoms with Gasteiger partial charge >= 0.3 is 0 Å². The Morgan fingerprint density at radius 3 is 2.05 bits per heavy atom. The molecule has 3 atom stereocenters. The molecule has 1 saturated heterocycles. The van der Waals surface area contributed by atoms with Crippen molar-refractivity contribution in [2.75, 3.05) is 0 Å². The van der Waals surface area contributed by atoms with E-state index in [2.05, 4.69) is 65.6 Å². The Labute approximate surface area is 119 Å². The molecular weight excluding hydrogens is 236 g/mol. The van der Waals surface area contributed by atoms with E-state index in [9.17, 15) is 4.79 Å². The van der Waals surface area contributed by atoms with Crippen molar-refractivity contribution in [3.63, 3.8) is 0 Å². The summed E-state index contributed by atoms with van der Waals surface area (Å²) in [5.41, 5.74) is 0.108. The van der Waals surface area contributed by atoms with Crippen LogP contribution in [0.1, 0.15) is 61.8 Å². The Balaban J connectivity index is 2.95. The molecule has 1 heterocycles. The van der Waals surface area contributed by atoms with Gasteiger partial charge in [0.05, 0.1) is 12.2 Å². The third-order valence-electron chi connectivity index (χ3n) is 4.23. The summed E-state index contributed by atoms with van der Waals surface area (Å²) in [5, 5.41) is 3.55. The molecule has 3 unspecified atom stereocenters. The molecule has 3 heteroatoms. The second-order valence-electron chi connectivity index (χ2n) is 7.83. The van der Waals surface area contributed by atoms with Gasteiger partial charge in [-0.1, -0.05) is 48.5 Å². The quantitative estimate of drug-likeness (QED) is 0.849. The summed E-state index contributed by atoms with van der Waals surface area (Å²) >= 11 is 0. The highest BCUT2D eigenvalue weighted by atomic mass is 16.2. The molecule has 0 aromatic heterocycles. The standard InChI is InChI=1S/C16H32N2O/c1-10(2)9-13-15(19)18(12(5)16(6,7)8)14(17-13)11(3)4/h10-14,17H,9H2,1-8H3. The van der Waals surface area contributed by atoms with E-state index in [1.54, 1.807) is 0 Å². The van der Waals surface area contributed by atoms with Gasteiger partial charge in [-0.15, -0.1) is 0 Å². The lowest BCUT2D eigenvalue weighted by molar-refractivity contribution is -0.135. The van der Waals surface area contributed by atoms with Gasteiger partial charge in [0.15, 0.2) is 0 Å². The van der Waals surface area contributed by atoms with E-state index in [0.717, 1.165) is 6.42 Å². The number of hydrogen-bond acceptors (Lipinski definition) is 2. The summed E-state index contributed by atoms with van der Waals surface area (Å²) in [4.78, 5) is 14.8. The number of hydrogen-bond donors (Lipinski definition) is 1. The molecule has 1 aliphatic heterocycles. The fraction of sp³-hybridized carbons (Fsp3) is 0.938. The van der Waals surface area contributed by atoms with Crippen molar-refractivity contribution >= 4 is 5.91 Å². The van der Waals surface area contributed by atoms with Crippen molar-refractivity contribution in [2.24, 2.45) is 17.3 Å². The highest BCUT2D eigenvalue weighted by molar-refractivity contribution is 5.84. The minimum atomic E-state index is -0.00259. The summed E-state index contributed by atoms with van der Waals surface area (Å²) in [5.74, 6) is 1.26. The first kappa shape index (κ1) is 16.5. The molecule has 0 radical (unpaired) electrons. The lowest BCUT2D eigenvalue weighted by Gasteiger charge is -2.40. The van der Waals surface area contributed by atoms with Crippen molar-refractivity contribution in [1.82, 2.24) is 10.2 Å². The van der Waals surface area contributed by atoms with Gasteiger partial charge in [0.2, 0.25) is 5.91 Å². The minimum Gasteiger partial charge on any atom is -0.322 e. The molecule has 0 saturated carbocycles. The number of carbonyl (C=O) groups is 1. The Morgan fingerprint density at radius 2 is 1.68 bits per heavy atom. The van der Waals surface area contributed by atoms with Crippen molar-refractivity contribution in [3.8, 4) is 0 Å². The van der Waals surface area contributed by atoms with Gasteiger partial charge in [-0.05, 0) is 30.6 Å². The second-order valence-corrected chi connectivity index (χ2v) is 7.83. The van der Waals surface area contributed by atoms with Crippen molar-refractivity contribution in [2.45, 2.75) is 80.1 Å². The van der Waals surface area contributed by atoms with E-state index >= 15 is 0 Å². The van der Waals surface area contributed by atoms with Crippen LogP contribution in [-0.2, 0) is 4.79 Å². The van der Waals surface area contributed by atoms with E-state index in [-0.39, 0.29) is 29.6 Å². The predicted octanol–water partition coefficient (Wildman–Crippen LogP) is 3.25. The van der Waals surface area contributed by atoms with Crippen LogP contribution in [-0.4, -0.2) is 29.1 Å². The maximum atomic E-state index is 12.7. The Morgan fingerprint density at radius 1 is 1.16 bits per heavy atom. The summed E-state index contributed by atoms with van der Waals surface area (Å²) < 4.78 is 0. The molecule has 1 aliphatic rings. The third kappa shape index (κ3) is 3.71. The van der Waals surface area contributed by atoms with Gasteiger partial charge in [0.1, 0.15) is 0 Å². The highest BCUT2D eigenvalue weighted by Crippen LogP contribution is 2.31. The number of rotatable bonds is 4. The van der Waals surface area contributed by atoms with Crippen LogP contribution in [0, 0.1) is 17.3 Å². The Kier molecular flexibility index (Phi) is 5.05. The molecule has 0 spiro atoms. The molecule has 1 amide bonds. The molecule has 0 aromatic carbocycles. The van der Waals surface area contributed by atoms with E-state index in [0.29, 0.717) is 11.8 Å². The zero-order valence-corrected chi connectivity index (χ0v) is 13.9. The first-order valence-electron chi connectivity index (χ1n) is 7.64. The molecule has 1 N–H and O–H groups in total. The van der Waals surface area contributed by atoms with Gasteiger partial charge in [0, 0.05) is 6.04 Å². The largest absolute Gasteiger partial charge is 0.322 e. The van der Waals surface area contributed by atoms with Crippen LogP contribution in [0.2, 0.25) is 0 Å². The smallest absolute Gasteiger partial charge is 0.241 e. The summed E-state index contributed by atoms with van der Waals surface area (Å²) in [6.45, 7) is 17.5.